The van der Waals surface area contributed by atoms with Gasteiger partial charge >= 0.3 is 5.97 Å². The molecule has 0 amide bonds. The number of carbonyl (C=O) groups excluding carboxylic acids is 1. The van der Waals surface area contributed by atoms with Crippen LogP contribution in [-0.4, -0.2) is 47.4 Å². The van der Waals surface area contributed by atoms with Crippen LogP contribution in [0.4, 0.5) is 5.69 Å². The summed E-state index contributed by atoms with van der Waals surface area (Å²) in [5, 5.41) is 11.6. The number of carbonyl (C=O) groups is 1. The SMILES string of the molecule is Cc1ccc(S[C@@H]2O[C@@H]3CO[C@@H](c4ccccc4)O[C@H]3[C@H](OCc3ccccc3)[C@H]2OC(=O)Cc2ccccc2[N+](=O)[O-])cc1. The van der Waals surface area contributed by atoms with E-state index in [1.165, 1.54) is 17.8 Å². The monoisotopic (exact) mass is 627 g/mol. The van der Waals surface area contributed by atoms with Gasteiger partial charge < -0.3 is 23.7 Å². The van der Waals surface area contributed by atoms with Crippen molar-refractivity contribution in [3.8, 4) is 0 Å². The lowest BCUT2D eigenvalue weighted by molar-refractivity contribution is -0.385. The fraction of sp³-hybridized carbons (Fsp3) is 0.286. The van der Waals surface area contributed by atoms with Crippen LogP contribution in [0.3, 0.4) is 0 Å². The average Bonchev–Trinajstić information content (AvgIpc) is 3.06. The molecule has 45 heavy (non-hydrogen) atoms. The van der Waals surface area contributed by atoms with Gasteiger partial charge in [0.2, 0.25) is 0 Å². The number of nitro groups is 1. The fourth-order valence-electron chi connectivity index (χ4n) is 5.44. The van der Waals surface area contributed by atoms with E-state index in [1.54, 1.807) is 18.2 Å². The summed E-state index contributed by atoms with van der Waals surface area (Å²) in [7, 11) is 0. The standard InChI is InChI=1S/C35H33NO8S/c1-23-16-18-27(19-17-23)45-35-33(43-30(37)20-26-14-8-9-15-28(26)36(38)39)32(40-21-24-10-4-2-5-11-24)31-29(42-35)22-41-34(44-31)25-12-6-3-7-13-25/h2-19,29,31-35H,20-22H2,1H3/t29-,31-,32+,33-,34-,35+/m1/s1. The number of esters is 1. The Morgan fingerprint density at radius 2 is 1.58 bits per heavy atom. The van der Waals surface area contributed by atoms with E-state index in [1.807, 2.05) is 91.9 Å². The Labute approximate surface area is 265 Å². The van der Waals surface area contributed by atoms with Gasteiger partial charge in [-0.1, -0.05) is 108 Å². The van der Waals surface area contributed by atoms with E-state index in [-0.39, 0.29) is 30.9 Å². The number of thioether (sulfide) groups is 1. The lowest BCUT2D eigenvalue weighted by atomic mass is 9.98. The molecule has 0 unspecified atom stereocenters. The van der Waals surface area contributed by atoms with Crippen molar-refractivity contribution in [3.63, 3.8) is 0 Å². The molecule has 0 N–H and O–H groups in total. The van der Waals surface area contributed by atoms with Gasteiger partial charge in [-0.15, -0.1) is 0 Å². The molecule has 0 aromatic heterocycles. The van der Waals surface area contributed by atoms with E-state index in [9.17, 15) is 14.9 Å². The summed E-state index contributed by atoms with van der Waals surface area (Å²) >= 11 is 1.42. The van der Waals surface area contributed by atoms with Crippen LogP contribution in [0.1, 0.15) is 28.5 Å². The number of nitro benzene ring substituents is 1. The molecule has 0 radical (unpaired) electrons. The van der Waals surface area contributed by atoms with E-state index < -0.39 is 47.0 Å². The highest BCUT2D eigenvalue weighted by Gasteiger charge is 2.52. The zero-order valence-corrected chi connectivity index (χ0v) is 25.4. The van der Waals surface area contributed by atoms with Crippen molar-refractivity contribution >= 4 is 23.4 Å². The number of para-hydroxylation sites is 1. The zero-order valence-electron chi connectivity index (χ0n) is 24.6. The first-order valence-electron chi connectivity index (χ1n) is 14.7. The molecule has 0 spiro atoms. The molecule has 0 aliphatic carbocycles. The highest BCUT2D eigenvalue weighted by Crippen LogP contribution is 2.41. The van der Waals surface area contributed by atoms with Crippen LogP contribution in [0.15, 0.2) is 114 Å². The maximum absolute atomic E-state index is 13.5. The highest BCUT2D eigenvalue weighted by atomic mass is 32.2. The molecule has 9 nitrogen and oxygen atoms in total. The molecule has 4 aromatic rings. The molecule has 2 aliphatic rings. The minimum atomic E-state index is -0.911. The summed E-state index contributed by atoms with van der Waals surface area (Å²) in [5.74, 6) is -0.633. The Morgan fingerprint density at radius 3 is 2.31 bits per heavy atom. The normalized spacial score (nSPS) is 24.4. The van der Waals surface area contributed by atoms with Crippen molar-refractivity contribution < 1.29 is 33.4 Å². The number of benzene rings is 4. The molecule has 0 saturated carbocycles. The number of hydrogen-bond acceptors (Lipinski definition) is 9. The van der Waals surface area contributed by atoms with Gasteiger partial charge in [0, 0.05) is 22.1 Å². The summed E-state index contributed by atoms with van der Waals surface area (Å²) in [6.45, 7) is 2.50. The molecular formula is C35H33NO8S. The largest absolute Gasteiger partial charge is 0.455 e. The van der Waals surface area contributed by atoms with Crippen LogP contribution in [0.5, 0.6) is 0 Å². The molecule has 2 aliphatic heterocycles. The smallest absolute Gasteiger partial charge is 0.311 e. The summed E-state index contributed by atoms with van der Waals surface area (Å²) in [4.78, 5) is 25.6. The Kier molecular flexibility index (Phi) is 9.88. The van der Waals surface area contributed by atoms with Crippen molar-refractivity contribution in [1.82, 2.24) is 0 Å². The van der Waals surface area contributed by atoms with Gasteiger partial charge in [-0.25, -0.2) is 0 Å². The first-order chi connectivity index (χ1) is 21.9. The summed E-state index contributed by atoms with van der Waals surface area (Å²) in [5.41, 5.74) is 2.35. The van der Waals surface area contributed by atoms with Crippen LogP contribution >= 0.6 is 11.8 Å². The maximum atomic E-state index is 13.5. The summed E-state index contributed by atoms with van der Waals surface area (Å²) in [6.07, 6.45) is -3.73. The number of nitrogens with zero attached hydrogens (tertiary/aromatic N) is 1. The molecule has 6 atom stereocenters. The number of rotatable bonds is 10. The second kappa shape index (κ2) is 14.4. The molecular weight excluding hydrogens is 594 g/mol. The first-order valence-corrected chi connectivity index (χ1v) is 15.6. The number of ether oxygens (including phenoxy) is 5. The van der Waals surface area contributed by atoms with Crippen LogP contribution in [0.2, 0.25) is 0 Å². The molecule has 2 saturated heterocycles. The van der Waals surface area contributed by atoms with Gasteiger partial charge in [-0.05, 0) is 24.6 Å². The van der Waals surface area contributed by atoms with Crippen molar-refractivity contribution in [1.29, 1.82) is 0 Å². The second-order valence-electron chi connectivity index (χ2n) is 10.9. The third-order valence-corrected chi connectivity index (χ3v) is 8.86. The fourth-order valence-corrected chi connectivity index (χ4v) is 6.55. The van der Waals surface area contributed by atoms with E-state index in [4.69, 9.17) is 23.7 Å². The van der Waals surface area contributed by atoms with Gasteiger partial charge in [0.1, 0.15) is 23.7 Å². The van der Waals surface area contributed by atoms with Gasteiger partial charge in [-0.2, -0.15) is 0 Å². The Balaban J connectivity index is 1.32. The highest BCUT2D eigenvalue weighted by molar-refractivity contribution is 7.99. The molecule has 4 aromatic carbocycles. The lowest BCUT2D eigenvalue weighted by Crippen LogP contribution is -2.62. The number of fused-ring (bicyclic) bond motifs is 1. The third-order valence-electron chi connectivity index (χ3n) is 7.70. The zero-order chi connectivity index (χ0) is 31.2. The Morgan fingerprint density at radius 1 is 0.889 bits per heavy atom. The van der Waals surface area contributed by atoms with Gasteiger partial charge in [-0.3, -0.25) is 14.9 Å². The van der Waals surface area contributed by atoms with Gasteiger partial charge in [0.15, 0.2) is 12.4 Å². The van der Waals surface area contributed by atoms with E-state index in [0.29, 0.717) is 0 Å². The molecule has 10 heteroatoms. The first kappa shape index (κ1) is 30.9. The minimum absolute atomic E-state index is 0.143. The number of hydrogen-bond donors (Lipinski definition) is 0. The predicted molar refractivity (Wildman–Crippen MR) is 167 cm³/mol. The van der Waals surface area contributed by atoms with Crippen LogP contribution in [0, 0.1) is 17.0 Å². The topological polar surface area (TPSA) is 106 Å². The van der Waals surface area contributed by atoms with E-state index in [0.717, 1.165) is 21.6 Å². The average molecular weight is 628 g/mol. The summed E-state index contributed by atoms with van der Waals surface area (Å²) < 4.78 is 31.9. The van der Waals surface area contributed by atoms with E-state index >= 15 is 0 Å². The Hall–Kier alpha value is -4.06. The van der Waals surface area contributed by atoms with Gasteiger partial charge in [0.25, 0.3) is 5.69 Å². The third kappa shape index (κ3) is 7.61. The Bertz CT molecular complexity index is 1590. The van der Waals surface area contributed by atoms with Crippen LogP contribution < -0.4 is 0 Å². The van der Waals surface area contributed by atoms with Crippen molar-refractivity contribution in [2.75, 3.05) is 6.61 Å². The van der Waals surface area contributed by atoms with E-state index in [2.05, 4.69) is 0 Å². The van der Waals surface area contributed by atoms with Crippen molar-refractivity contribution in [3.05, 3.63) is 142 Å². The molecule has 232 valence electrons. The predicted octanol–water partition coefficient (Wildman–Crippen LogP) is 6.57. The molecule has 6 rings (SSSR count). The molecule has 0 bridgehead atoms. The quantitative estimate of drug-likeness (QED) is 0.110. The van der Waals surface area contributed by atoms with Crippen LogP contribution in [-0.2, 0) is 41.5 Å². The van der Waals surface area contributed by atoms with Gasteiger partial charge in [0.05, 0.1) is 24.6 Å². The van der Waals surface area contributed by atoms with Crippen LogP contribution in [0.25, 0.3) is 0 Å². The maximum Gasteiger partial charge on any atom is 0.311 e. The lowest BCUT2D eigenvalue weighted by Gasteiger charge is -2.48. The molecule has 2 heterocycles. The minimum Gasteiger partial charge on any atom is -0.455 e. The van der Waals surface area contributed by atoms with Crippen molar-refractivity contribution in [2.24, 2.45) is 0 Å². The molecule has 2 fully saturated rings. The summed E-state index contributed by atoms with van der Waals surface area (Å²) in [6, 6.07) is 33.5. The second-order valence-corrected chi connectivity index (χ2v) is 12.1. The van der Waals surface area contributed by atoms with Crippen molar-refractivity contribution in [2.45, 2.75) is 61.0 Å². The number of aryl methyl sites for hydroxylation is 1.